The molecule has 0 aliphatic heterocycles. The van der Waals surface area contributed by atoms with Gasteiger partial charge in [0.05, 0.1) is 12.2 Å². The Hall–Kier alpha value is -1.38. The molecule has 8 heteroatoms. The Kier molecular flexibility index (Phi) is 4.70. The maximum Gasteiger partial charge on any atom is 0.268 e. The van der Waals surface area contributed by atoms with E-state index >= 15 is 0 Å². The molecule has 0 radical (unpaired) electrons. The summed E-state index contributed by atoms with van der Waals surface area (Å²) >= 11 is 3.08. The molecule has 21 heavy (non-hydrogen) atoms. The van der Waals surface area contributed by atoms with Crippen molar-refractivity contribution in [1.29, 1.82) is 0 Å². The van der Waals surface area contributed by atoms with Crippen LogP contribution in [-0.4, -0.2) is 15.0 Å². The lowest BCUT2D eigenvalue weighted by atomic mass is 10.3. The zero-order valence-electron chi connectivity index (χ0n) is 11.2. The molecular weight excluding hydrogens is 363 g/mol. The molecule has 5 nitrogen and oxygen atoms in total. The quantitative estimate of drug-likeness (QED) is 0.870. The molecule has 0 spiro atoms. The standard InChI is InChI=1S/C13H14BrFN2O3S/c1-2-17(10-5-3-4-9(15)6-10)21(18,19)12-7-11(8-16)20-13(12)14/h3-7H,2,8,16H2,1H3. The number of furan rings is 1. The second-order valence-corrected chi connectivity index (χ2v) is 6.76. The fraction of sp³-hybridized carbons (Fsp3) is 0.231. The highest BCUT2D eigenvalue weighted by Crippen LogP contribution is 2.31. The SMILES string of the molecule is CCN(c1cccc(F)c1)S(=O)(=O)c1cc(CN)oc1Br. The van der Waals surface area contributed by atoms with Crippen molar-refractivity contribution in [2.45, 2.75) is 18.4 Å². The zero-order chi connectivity index (χ0) is 15.6. The van der Waals surface area contributed by atoms with Crippen LogP contribution in [0.2, 0.25) is 0 Å². The van der Waals surface area contributed by atoms with Gasteiger partial charge in [-0.25, -0.2) is 12.8 Å². The first-order valence-electron chi connectivity index (χ1n) is 6.16. The second kappa shape index (κ2) is 6.17. The number of hydrogen-bond acceptors (Lipinski definition) is 4. The predicted octanol–water partition coefficient (Wildman–Crippen LogP) is 2.86. The van der Waals surface area contributed by atoms with Gasteiger partial charge in [-0.2, -0.15) is 0 Å². The third-order valence-electron chi connectivity index (χ3n) is 2.86. The Morgan fingerprint density at radius 3 is 2.62 bits per heavy atom. The van der Waals surface area contributed by atoms with Crippen molar-refractivity contribution in [2.24, 2.45) is 5.73 Å². The number of nitrogens with zero attached hydrogens (tertiary/aromatic N) is 1. The zero-order valence-corrected chi connectivity index (χ0v) is 13.6. The van der Waals surface area contributed by atoms with E-state index in [1.807, 2.05) is 0 Å². The molecule has 2 N–H and O–H groups in total. The van der Waals surface area contributed by atoms with Crippen molar-refractivity contribution < 1.29 is 17.2 Å². The van der Waals surface area contributed by atoms with Crippen molar-refractivity contribution in [3.05, 3.63) is 46.6 Å². The summed E-state index contributed by atoms with van der Waals surface area (Å²) < 4.78 is 45.1. The lowest BCUT2D eigenvalue weighted by molar-refractivity contribution is 0.484. The fourth-order valence-corrected chi connectivity index (χ4v) is 4.34. The maximum absolute atomic E-state index is 13.3. The average molecular weight is 377 g/mol. The van der Waals surface area contributed by atoms with Crippen LogP contribution < -0.4 is 10.0 Å². The molecule has 0 aliphatic rings. The van der Waals surface area contributed by atoms with Crippen molar-refractivity contribution in [3.63, 3.8) is 0 Å². The summed E-state index contributed by atoms with van der Waals surface area (Å²) in [6, 6.07) is 6.77. The van der Waals surface area contributed by atoms with Crippen LogP contribution in [0.3, 0.4) is 0 Å². The molecule has 0 aliphatic carbocycles. The minimum Gasteiger partial charge on any atom is -0.452 e. The Morgan fingerprint density at radius 1 is 1.38 bits per heavy atom. The minimum absolute atomic E-state index is 0.0333. The number of nitrogens with two attached hydrogens (primary N) is 1. The first kappa shape index (κ1) is 16.0. The largest absolute Gasteiger partial charge is 0.452 e. The summed E-state index contributed by atoms with van der Waals surface area (Å²) in [5.41, 5.74) is 5.69. The van der Waals surface area contributed by atoms with Gasteiger partial charge in [-0.1, -0.05) is 6.07 Å². The van der Waals surface area contributed by atoms with Crippen LogP contribution >= 0.6 is 15.9 Å². The lowest BCUT2D eigenvalue weighted by Crippen LogP contribution is -2.30. The van der Waals surface area contributed by atoms with E-state index in [0.717, 1.165) is 4.31 Å². The molecule has 0 saturated heterocycles. The second-order valence-electron chi connectivity index (χ2n) is 4.20. The average Bonchev–Trinajstić information content (AvgIpc) is 2.81. The Labute approximate surface area is 130 Å². The molecule has 0 unspecified atom stereocenters. The first-order valence-corrected chi connectivity index (χ1v) is 8.40. The molecule has 0 fully saturated rings. The molecule has 114 valence electrons. The number of anilines is 1. The summed E-state index contributed by atoms with van der Waals surface area (Å²) in [5, 5.41) is 0. The van der Waals surface area contributed by atoms with Crippen LogP contribution in [0.25, 0.3) is 0 Å². The van der Waals surface area contributed by atoms with Crippen molar-refractivity contribution >= 4 is 31.6 Å². The lowest BCUT2D eigenvalue weighted by Gasteiger charge is -2.22. The van der Waals surface area contributed by atoms with Gasteiger partial charge in [-0.05, 0) is 41.1 Å². The summed E-state index contributed by atoms with van der Waals surface area (Å²) in [6.07, 6.45) is 0. The summed E-state index contributed by atoms with van der Waals surface area (Å²) in [4.78, 5) is -0.0333. The van der Waals surface area contributed by atoms with E-state index in [9.17, 15) is 12.8 Å². The van der Waals surface area contributed by atoms with Gasteiger partial charge in [0, 0.05) is 12.6 Å². The highest BCUT2D eigenvalue weighted by Gasteiger charge is 2.29. The monoisotopic (exact) mass is 376 g/mol. The smallest absolute Gasteiger partial charge is 0.268 e. The van der Waals surface area contributed by atoms with Crippen LogP contribution in [0.15, 0.2) is 44.3 Å². The van der Waals surface area contributed by atoms with Crippen LogP contribution in [0.1, 0.15) is 12.7 Å². The molecule has 2 aromatic rings. The molecule has 1 heterocycles. The van der Waals surface area contributed by atoms with Gasteiger partial charge in [0.1, 0.15) is 16.5 Å². The molecule has 1 aromatic heterocycles. The van der Waals surface area contributed by atoms with Crippen LogP contribution in [-0.2, 0) is 16.6 Å². The van der Waals surface area contributed by atoms with E-state index in [-0.39, 0.29) is 28.3 Å². The van der Waals surface area contributed by atoms with E-state index in [4.69, 9.17) is 10.2 Å². The Balaban J connectivity index is 2.51. The number of rotatable bonds is 5. The van der Waals surface area contributed by atoms with Gasteiger partial charge in [-0.3, -0.25) is 4.31 Å². The summed E-state index contributed by atoms with van der Waals surface area (Å²) in [5.74, 6) is -0.161. The molecule has 2 rings (SSSR count). The molecular formula is C13H14BrFN2O3S. The van der Waals surface area contributed by atoms with Crippen molar-refractivity contribution in [2.75, 3.05) is 10.8 Å². The van der Waals surface area contributed by atoms with Crippen LogP contribution in [0.4, 0.5) is 10.1 Å². The Morgan fingerprint density at radius 2 is 2.10 bits per heavy atom. The third kappa shape index (κ3) is 3.12. The fourth-order valence-electron chi connectivity index (χ4n) is 1.92. The Bertz CT molecular complexity index is 746. The van der Waals surface area contributed by atoms with E-state index in [2.05, 4.69) is 15.9 Å². The molecule has 0 bridgehead atoms. The van der Waals surface area contributed by atoms with Gasteiger partial charge in [0.2, 0.25) is 0 Å². The van der Waals surface area contributed by atoms with Gasteiger partial charge in [0.15, 0.2) is 4.67 Å². The molecule has 1 aromatic carbocycles. The molecule has 0 amide bonds. The maximum atomic E-state index is 13.3. The predicted molar refractivity (Wildman–Crippen MR) is 80.9 cm³/mol. The summed E-state index contributed by atoms with van der Waals surface area (Å²) in [6.45, 7) is 1.90. The van der Waals surface area contributed by atoms with E-state index in [1.54, 1.807) is 6.92 Å². The highest BCUT2D eigenvalue weighted by atomic mass is 79.9. The topological polar surface area (TPSA) is 76.5 Å². The number of benzene rings is 1. The normalized spacial score (nSPS) is 11.6. The summed E-state index contributed by atoms with van der Waals surface area (Å²) in [7, 11) is -3.87. The van der Waals surface area contributed by atoms with Gasteiger partial charge in [-0.15, -0.1) is 0 Å². The van der Waals surface area contributed by atoms with Gasteiger partial charge < -0.3 is 10.2 Å². The van der Waals surface area contributed by atoms with Gasteiger partial charge in [0.25, 0.3) is 10.0 Å². The third-order valence-corrected chi connectivity index (χ3v) is 5.62. The number of halogens is 2. The number of sulfonamides is 1. The molecule has 0 saturated carbocycles. The van der Waals surface area contributed by atoms with E-state index in [0.29, 0.717) is 5.76 Å². The first-order chi connectivity index (χ1) is 9.90. The van der Waals surface area contributed by atoms with Crippen molar-refractivity contribution in [3.8, 4) is 0 Å². The van der Waals surface area contributed by atoms with Crippen molar-refractivity contribution in [1.82, 2.24) is 0 Å². The minimum atomic E-state index is -3.87. The highest BCUT2D eigenvalue weighted by molar-refractivity contribution is 9.10. The molecule has 0 atom stereocenters. The van der Waals surface area contributed by atoms with Gasteiger partial charge >= 0.3 is 0 Å². The number of hydrogen-bond donors (Lipinski definition) is 1. The van der Waals surface area contributed by atoms with Crippen LogP contribution in [0.5, 0.6) is 0 Å². The van der Waals surface area contributed by atoms with E-state index in [1.165, 1.54) is 30.3 Å². The van der Waals surface area contributed by atoms with E-state index < -0.39 is 15.8 Å². The van der Waals surface area contributed by atoms with Crippen LogP contribution in [0, 0.1) is 5.82 Å².